The number of rotatable bonds is 9. The lowest BCUT2D eigenvalue weighted by atomic mass is 9.86. The van der Waals surface area contributed by atoms with Gasteiger partial charge in [-0.3, -0.25) is 5.32 Å². The minimum atomic E-state index is -1.02. The summed E-state index contributed by atoms with van der Waals surface area (Å²) in [6.07, 6.45) is 5.09. The van der Waals surface area contributed by atoms with Crippen molar-refractivity contribution in [2.75, 3.05) is 13.2 Å². The van der Waals surface area contributed by atoms with Crippen molar-refractivity contribution in [2.24, 2.45) is 5.92 Å². The van der Waals surface area contributed by atoms with E-state index in [1.54, 1.807) is 0 Å². The van der Waals surface area contributed by atoms with Crippen LogP contribution in [0.25, 0.3) is 0 Å². The predicted octanol–water partition coefficient (Wildman–Crippen LogP) is 2.54. The normalized spacial score (nSPS) is 21.0. The van der Waals surface area contributed by atoms with Crippen molar-refractivity contribution in [2.45, 2.75) is 43.7 Å². The second-order valence-corrected chi connectivity index (χ2v) is 6.26. The molecule has 2 aliphatic carbocycles. The fourth-order valence-corrected chi connectivity index (χ4v) is 2.65. The van der Waals surface area contributed by atoms with Gasteiger partial charge in [-0.1, -0.05) is 30.3 Å². The average Bonchev–Trinajstić information content (AvgIpc) is 3.37. The summed E-state index contributed by atoms with van der Waals surface area (Å²) in [4.78, 5) is 12.0. The molecule has 3 rings (SSSR count). The first kappa shape index (κ1) is 14.5. The van der Waals surface area contributed by atoms with E-state index in [-0.39, 0.29) is 0 Å². The van der Waals surface area contributed by atoms with Gasteiger partial charge in [0.05, 0.1) is 0 Å². The minimum absolute atomic E-state index is 0.324. The summed E-state index contributed by atoms with van der Waals surface area (Å²) >= 11 is 0. The molecule has 114 valence electrons. The van der Waals surface area contributed by atoms with Gasteiger partial charge < -0.3 is 9.84 Å². The van der Waals surface area contributed by atoms with Crippen molar-refractivity contribution < 1.29 is 14.6 Å². The number of benzene rings is 1. The van der Waals surface area contributed by atoms with Crippen molar-refractivity contribution in [1.82, 2.24) is 5.32 Å². The molecule has 0 radical (unpaired) electrons. The number of carboxylic acids is 1. The maximum Gasteiger partial charge on any atom is 0.328 e. The highest BCUT2D eigenvalue weighted by Gasteiger charge is 2.43. The first-order valence-electron chi connectivity index (χ1n) is 7.85. The molecule has 1 aromatic rings. The van der Waals surface area contributed by atoms with Crippen molar-refractivity contribution in [1.29, 1.82) is 0 Å². The van der Waals surface area contributed by atoms with E-state index in [1.807, 2.05) is 30.3 Å². The molecule has 4 nitrogen and oxygen atoms in total. The Kier molecular flexibility index (Phi) is 4.27. The Bertz CT molecular complexity index is 482. The Morgan fingerprint density at radius 3 is 2.52 bits per heavy atom. The Hall–Kier alpha value is -1.39. The van der Waals surface area contributed by atoms with Crippen LogP contribution in [0.15, 0.2) is 30.3 Å². The zero-order chi connectivity index (χ0) is 14.7. The molecule has 0 bridgehead atoms. The van der Waals surface area contributed by atoms with Crippen LogP contribution in [0.1, 0.15) is 37.7 Å². The molecule has 2 N–H and O–H groups in total. The van der Waals surface area contributed by atoms with Crippen LogP contribution in [0, 0.1) is 5.92 Å². The molecule has 21 heavy (non-hydrogen) atoms. The van der Waals surface area contributed by atoms with Gasteiger partial charge in [0, 0.05) is 25.7 Å². The van der Waals surface area contributed by atoms with Crippen LogP contribution in [0.3, 0.4) is 0 Å². The van der Waals surface area contributed by atoms with Gasteiger partial charge >= 0.3 is 5.97 Å². The van der Waals surface area contributed by atoms with E-state index in [0.29, 0.717) is 25.0 Å². The quantitative estimate of drug-likeness (QED) is 0.686. The highest BCUT2D eigenvalue weighted by molar-refractivity contribution is 5.81. The summed E-state index contributed by atoms with van der Waals surface area (Å²) in [7, 11) is 0. The van der Waals surface area contributed by atoms with Crippen LogP contribution in [0.4, 0.5) is 0 Å². The molecule has 0 saturated heterocycles. The van der Waals surface area contributed by atoms with Crippen molar-refractivity contribution >= 4 is 5.97 Å². The summed E-state index contributed by atoms with van der Waals surface area (Å²) in [6.45, 7) is 1.26. The second-order valence-electron chi connectivity index (χ2n) is 6.26. The molecule has 1 atom stereocenters. The maximum absolute atomic E-state index is 12.0. The molecule has 2 saturated carbocycles. The number of carbonyl (C=O) groups is 1. The predicted molar refractivity (Wildman–Crippen MR) is 80.1 cm³/mol. The van der Waals surface area contributed by atoms with Gasteiger partial charge in [0.2, 0.25) is 0 Å². The number of hydrogen-bond donors (Lipinski definition) is 2. The van der Waals surface area contributed by atoms with E-state index in [9.17, 15) is 9.90 Å². The topological polar surface area (TPSA) is 58.6 Å². The third-order valence-electron chi connectivity index (χ3n) is 4.33. The van der Waals surface area contributed by atoms with Gasteiger partial charge in [-0.05, 0) is 37.2 Å². The second kappa shape index (κ2) is 6.16. The third-order valence-corrected chi connectivity index (χ3v) is 4.33. The summed E-state index contributed by atoms with van der Waals surface area (Å²) in [5.41, 5.74) is -0.203. The first-order chi connectivity index (χ1) is 10.2. The molecular formula is C17H23NO3. The van der Waals surface area contributed by atoms with E-state index in [2.05, 4.69) is 5.32 Å². The van der Waals surface area contributed by atoms with E-state index in [0.717, 1.165) is 25.0 Å². The third kappa shape index (κ3) is 3.63. The molecule has 4 heteroatoms. The smallest absolute Gasteiger partial charge is 0.328 e. The van der Waals surface area contributed by atoms with Crippen molar-refractivity contribution in [3.8, 4) is 0 Å². The molecule has 0 aliphatic heterocycles. The number of ether oxygens (including phenoxy) is 1. The molecule has 1 unspecified atom stereocenters. The van der Waals surface area contributed by atoms with E-state index in [1.165, 1.54) is 12.8 Å². The van der Waals surface area contributed by atoms with Crippen LogP contribution >= 0.6 is 0 Å². The zero-order valence-corrected chi connectivity index (χ0v) is 12.3. The summed E-state index contributed by atoms with van der Waals surface area (Å²) in [6, 6.07) is 9.81. The van der Waals surface area contributed by atoms with E-state index < -0.39 is 11.5 Å². The molecule has 2 aliphatic rings. The standard InChI is InChI=1S/C17H23NO3/c19-16(20)17(18-15-8-9-15,14-4-2-1-3-5-14)10-11-21-12-13-6-7-13/h1-5,13,15,18H,6-12H2,(H,19,20). The maximum atomic E-state index is 12.0. The van der Waals surface area contributed by atoms with Gasteiger partial charge in [0.1, 0.15) is 5.54 Å². The fourth-order valence-electron chi connectivity index (χ4n) is 2.65. The lowest BCUT2D eigenvalue weighted by Gasteiger charge is -2.31. The summed E-state index contributed by atoms with van der Waals surface area (Å²) in [5.74, 6) is -0.104. The molecule has 0 heterocycles. The van der Waals surface area contributed by atoms with Gasteiger partial charge in [-0.25, -0.2) is 4.79 Å². The van der Waals surface area contributed by atoms with Gasteiger partial charge in [-0.15, -0.1) is 0 Å². The van der Waals surface area contributed by atoms with Crippen LogP contribution in [-0.2, 0) is 15.1 Å². The molecular weight excluding hydrogens is 266 g/mol. The summed E-state index contributed by atoms with van der Waals surface area (Å²) < 4.78 is 5.68. The lowest BCUT2D eigenvalue weighted by molar-refractivity contribution is -0.146. The van der Waals surface area contributed by atoms with Crippen molar-refractivity contribution in [3.05, 3.63) is 35.9 Å². The van der Waals surface area contributed by atoms with Gasteiger partial charge in [0.25, 0.3) is 0 Å². The molecule has 1 aromatic carbocycles. The number of carboxylic acid groups (broad SMARTS) is 1. The fraction of sp³-hybridized carbons (Fsp3) is 0.588. The molecule has 0 spiro atoms. The molecule has 2 fully saturated rings. The average molecular weight is 289 g/mol. The first-order valence-corrected chi connectivity index (χ1v) is 7.85. The van der Waals surface area contributed by atoms with Crippen LogP contribution in [0.5, 0.6) is 0 Å². The molecule has 0 aromatic heterocycles. The lowest BCUT2D eigenvalue weighted by Crippen LogP contribution is -2.51. The Labute approximate surface area is 125 Å². The zero-order valence-electron chi connectivity index (χ0n) is 12.3. The number of aliphatic carboxylic acids is 1. The van der Waals surface area contributed by atoms with Crippen LogP contribution in [-0.4, -0.2) is 30.3 Å². The van der Waals surface area contributed by atoms with Gasteiger partial charge in [-0.2, -0.15) is 0 Å². The van der Waals surface area contributed by atoms with E-state index >= 15 is 0 Å². The Morgan fingerprint density at radius 1 is 1.24 bits per heavy atom. The minimum Gasteiger partial charge on any atom is -0.480 e. The highest BCUT2D eigenvalue weighted by Crippen LogP contribution is 2.33. The van der Waals surface area contributed by atoms with E-state index in [4.69, 9.17) is 4.74 Å². The number of hydrogen-bond acceptors (Lipinski definition) is 3. The highest BCUT2D eigenvalue weighted by atomic mass is 16.5. The summed E-state index contributed by atoms with van der Waals surface area (Å²) in [5, 5.41) is 13.2. The largest absolute Gasteiger partial charge is 0.480 e. The van der Waals surface area contributed by atoms with Crippen molar-refractivity contribution in [3.63, 3.8) is 0 Å². The molecule has 0 amide bonds. The SMILES string of the molecule is O=C(O)C(CCOCC1CC1)(NC1CC1)c1ccccc1. The van der Waals surface area contributed by atoms with Crippen LogP contribution < -0.4 is 5.32 Å². The Morgan fingerprint density at radius 2 is 1.95 bits per heavy atom. The Balaban J connectivity index is 1.72. The number of nitrogens with one attached hydrogen (secondary N) is 1. The monoisotopic (exact) mass is 289 g/mol. The van der Waals surface area contributed by atoms with Crippen LogP contribution in [0.2, 0.25) is 0 Å². The van der Waals surface area contributed by atoms with Gasteiger partial charge in [0.15, 0.2) is 0 Å².